The van der Waals surface area contributed by atoms with Crippen molar-refractivity contribution in [3.63, 3.8) is 0 Å². The van der Waals surface area contributed by atoms with E-state index < -0.39 is 0 Å². The first-order valence-corrected chi connectivity index (χ1v) is 7.30. The maximum atomic E-state index is 5.38. The van der Waals surface area contributed by atoms with Gasteiger partial charge in [-0.1, -0.05) is 13.8 Å². The molecule has 0 unspecified atom stereocenters. The molecule has 1 aromatic rings. The first kappa shape index (κ1) is 13.0. The van der Waals surface area contributed by atoms with Crippen molar-refractivity contribution in [3.8, 4) is 0 Å². The zero-order valence-electron chi connectivity index (χ0n) is 10.7. The maximum absolute atomic E-state index is 5.38. The van der Waals surface area contributed by atoms with Gasteiger partial charge in [-0.15, -0.1) is 11.3 Å². The fourth-order valence-electron chi connectivity index (χ4n) is 2.02. The summed E-state index contributed by atoms with van der Waals surface area (Å²) < 4.78 is 5.38. The SMILES string of the molecule is CC(C)CNCc1cnc(C2CCOCC2)s1. The predicted octanol–water partition coefficient (Wildman–Crippen LogP) is 2.78. The molecule has 0 spiro atoms. The quantitative estimate of drug-likeness (QED) is 0.877. The molecule has 0 atom stereocenters. The van der Waals surface area contributed by atoms with E-state index in [2.05, 4.69) is 24.1 Å². The van der Waals surface area contributed by atoms with Crippen molar-refractivity contribution >= 4 is 11.3 Å². The van der Waals surface area contributed by atoms with Crippen LogP contribution in [0, 0.1) is 5.92 Å². The Balaban J connectivity index is 1.82. The van der Waals surface area contributed by atoms with E-state index in [9.17, 15) is 0 Å². The summed E-state index contributed by atoms with van der Waals surface area (Å²) in [6.45, 7) is 8.28. The van der Waals surface area contributed by atoms with Crippen LogP contribution in [0.5, 0.6) is 0 Å². The lowest BCUT2D eigenvalue weighted by atomic mass is 10.0. The summed E-state index contributed by atoms with van der Waals surface area (Å²) >= 11 is 1.86. The summed E-state index contributed by atoms with van der Waals surface area (Å²) in [7, 11) is 0. The minimum Gasteiger partial charge on any atom is -0.381 e. The summed E-state index contributed by atoms with van der Waals surface area (Å²) in [6, 6.07) is 0. The lowest BCUT2D eigenvalue weighted by molar-refractivity contribution is 0.0853. The summed E-state index contributed by atoms with van der Waals surface area (Å²) in [5.74, 6) is 1.34. The van der Waals surface area contributed by atoms with Crippen molar-refractivity contribution in [1.82, 2.24) is 10.3 Å². The smallest absolute Gasteiger partial charge is 0.0960 e. The highest BCUT2D eigenvalue weighted by Gasteiger charge is 2.18. The molecule has 3 nitrogen and oxygen atoms in total. The fourth-order valence-corrected chi connectivity index (χ4v) is 3.08. The van der Waals surface area contributed by atoms with Crippen LogP contribution in [0.4, 0.5) is 0 Å². The van der Waals surface area contributed by atoms with Gasteiger partial charge in [-0.05, 0) is 25.3 Å². The average Bonchev–Trinajstić information content (AvgIpc) is 2.78. The van der Waals surface area contributed by atoms with Crippen molar-refractivity contribution in [1.29, 1.82) is 0 Å². The summed E-state index contributed by atoms with van der Waals surface area (Å²) in [4.78, 5) is 5.91. The molecule has 1 saturated heterocycles. The van der Waals surface area contributed by atoms with Gasteiger partial charge in [0.15, 0.2) is 0 Å². The Morgan fingerprint density at radius 2 is 2.24 bits per heavy atom. The van der Waals surface area contributed by atoms with Gasteiger partial charge < -0.3 is 10.1 Å². The van der Waals surface area contributed by atoms with E-state index >= 15 is 0 Å². The molecule has 0 saturated carbocycles. The summed E-state index contributed by atoms with van der Waals surface area (Å²) in [5, 5.41) is 4.76. The number of hydrogen-bond donors (Lipinski definition) is 1. The Bertz CT molecular complexity index is 332. The molecule has 0 bridgehead atoms. The van der Waals surface area contributed by atoms with Crippen molar-refractivity contribution in [2.45, 2.75) is 39.2 Å². The highest BCUT2D eigenvalue weighted by Crippen LogP contribution is 2.29. The van der Waals surface area contributed by atoms with Gasteiger partial charge in [-0.2, -0.15) is 0 Å². The Hall–Kier alpha value is -0.450. The maximum Gasteiger partial charge on any atom is 0.0960 e. The number of aromatic nitrogens is 1. The Kier molecular flexibility index (Phi) is 4.95. The highest BCUT2D eigenvalue weighted by atomic mass is 32.1. The van der Waals surface area contributed by atoms with E-state index in [-0.39, 0.29) is 0 Å². The molecule has 2 rings (SSSR count). The Morgan fingerprint density at radius 1 is 1.47 bits per heavy atom. The Morgan fingerprint density at radius 3 is 2.94 bits per heavy atom. The van der Waals surface area contributed by atoms with Gasteiger partial charge in [0, 0.05) is 36.8 Å². The zero-order chi connectivity index (χ0) is 12.1. The van der Waals surface area contributed by atoms with Crippen molar-refractivity contribution in [2.24, 2.45) is 5.92 Å². The molecule has 96 valence electrons. The van der Waals surface area contributed by atoms with Crippen LogP contribution in [0.1, 0.15) is 42.5 Å². The number of ether oxygens (including phenoxy) is 1. The highest BCUT2D eigenvalue weighted by molar-refractivity contribution is 7.11. The average molecular weight is 254 g/mol. The van der Waals surface area contributed by atoms with E-state index in [0.29, 0.717) is 11.8 Å². The molecule has 1 fully saturated rings. The van der Waals surface area contributed by atoms with Crippen LogP contribution in [-0.2, 0) is 11.3 Å². The summed E-state index contributed by atoms with van der Waals surface area (Å²) in [5.41, 5.74) is 0. The van der Waals surface area contributed by atoms with Gasteiger partial charge in [0.25, 0.3) is 0 Å². The molecule has 0 radical (unpaired) electrons. The first-order valence-electron chi connectivity index (χ1n) is 6.48. The minimum atomic E-state index is 0.632. The van der Waals surface area contributed by atoms with Crippen LogP contribution in [-0.4, -0.2) is 24.7 Å². The lowest BCUT2D eigenvalue weighted by Crippen LogP contribution is -2.18. The van der Waals surface area contributed by atoms with E-state index in [0.717, 1.165) is 39.1 Å². The third-order valence-electron chi connectivity index (χ3n) is 2.99. The molecule has 1 aliphatic rings. The van der Waals surface area contributed by atoms with Crippen molar-refractivity contribution in [3.05, 3.63) is 16.1 Å². The number of nitrogens with zero attached hydrogens (tertiary/aromatic N) is 1. The van der Waals surface area contributed by atoms with Crippen LogP contribution in [0.15, 0.2) is 6.20 Å². The molecule has 1 aliphatic heterocycles. The molecule has 0 aromatic carbocycles. The Labute approximate surface area is 108 Å². The van der Waals surface area contributed by atoms with Crippen molar-refractivity contribution < 1.29 is 4.74 Å². The molecular weight excluding hydrogens is 232 g/mol. The molecule has 4 heteroatoms. The van der Waals surface area contributed by atoms with Crippen LogP contribution in [0.25, 0.3) is 0 Å². The summed E-state index contributed by atoms with van der Waals surface area (Å²) in [6.07, 6.45) is 4.29. The largest absolute Gasteiger partial charge is 0.381 e. The number of thiazole rings is 1. The molecule has 0 amide bonds. The number of nitrogens with one attached hydrogen (secondary N) is 1. The lowest BCUT2D eigenvalue weighted by Gasteiger charge is -2.19. The molecule has 0 aliphatic carbocycles. The van der Waals surface area contributed by atoms with Gasteiger partial charge in [-0.3, -0.25) is 0 Å². The van der Waals surface area contributed by atoms with E-state index in [4.69, 9.17) is 4.74 Å². The van der Waals surface area contributed by atoms with Gasteiger partial charge in [0.1, 0.15) is 0 Å². The third-order valence-corrected chi connectivity index (χ3v) is 4.15. The monoisotopic (exact) mass is 254 g/mol. The van der Waals surface area contributed by atoms with E-state index in [1.165, 1.54) is 9.88 Å². The predicted molar refractivity (Wildman–Crippen MR) is 71.5 cm³/mol. The molecule has 1 N–H and O–H groups in total. The molecular formula is C13H22N2OS. The molecule has 2 heterocycles. The standard InChI is InChI=1S/C13H22N2OS/c1-10(2)7-14-8-12-9-15-13(17-12)11-3-5-16-6-4-11/h9-11,14H,3-8H2,1-2H3. The molecule has 17 heavy (non-hydrogen) atoms. The second-order valence-electron chi connectivity index (χ2n) is 5.08. The van der Waals surface area contributed by atoms with Crippen LogP contribution in [0.3, 0.4) is 0 Å². The number of hydrogen-bond acceptors (Lipinski definition) is 4. The van der Waals surface area contributed by atoms with Gasteiger partial charge in [0.2, 0.25) is 0 Å². The van der Waals surface area contributed by atoms with Crippen molar-refractivity contribution in [2.75, 3.05) is 19.8 Å². The van der Waals surface area contributed by atoms with Crippen LogP contribution >= 0.6 is 11.3 Å². The van der Waals surface area contributed by atoms with E-state index in [1.807, 2.05) is 17.5 Å². The molecule has 1 aromatic heterocycles. The van der Waals surface area contributed by atoms with E-state index in [1.54, 1.807) is 0 Å². The zero-order valence-corrected chi connectivity index (χ0v) is 11.6. The van der Waals surface area contributed by atoms with Crippen LogP contribution in [0.2, 0.25) is 0 Å². The fraction of sp³-hybridized carbons (Fsp3) is 0.769. The van der Waals surface area contributed by atoms with Gasteiger partial charge in [-0.25, -0.2) is 4.98 Å². The van der Waals surface area contributed by atoms with Gasteiger partial charge >= 0.3 is 0 Å². The van der Waals surface area contributed by atoms with Gasteiger partial charge in [0.05, 0.1) is 5.01 Å². The van der Waals surface area contributed by atoms with Crippen LogP contribution < -0.4 is 5.32 Å². The second-order valence-corrected chi connectivity index (χ2v) is 6.22. The normalized spacial score (nSPS) is 17.8. The topological polar surface area (TPSA) is 34.2 Å². The first-order chi connectivity index (χ1) is 8.25. The second kappa shape index (κ2) is 6.47. The minimum absolute atomic E-state index is 0.632. The number of rotatable bonds is 5. The third kappa shape index (κ3) is 4.05.